The van der Waals surface area contributed by atoms with E-state index in [1.54, 1.807) is 6.07 Å². The summed E-state index contributed by atoms with van der Waals surface area (Å²) in [5.41, 5.74) is 0.717. The van der Waals surface area contributed by atoms with E-state index in [0.29, 0.717) is 16.4 Å². The summed E-state index contributed by atoms with van der Waals surface area (Å²) in [5, 5.41) is 11.7. The van der Waals surface area contributed by atoms with E-state index in [9.17, 15) is 14.9 Å². The molecule has 3 aromatic rings. The maximum atomic E-state index is 12.6. The zero-order valence-electron chi connectivity index (χ0n) is 13.6. The molecule has 0 unspecified atom stereocenters. The number of carbonyl (C=O) groups excluding carboxylic acids is 1. The number of non-ortho nitro benzene ring substituents is 1. The summed E-state index contributed by atoms with van der Waals surface area (Å²) in [7, 11) is 0. The van der Waals surface area contributed by atoms with Gasteiger partial charge in [-0.15, -0.1) is 0 Å². The number of nitrogens with zero attached hydrogens (tertiary/aromatic N) is 3. The molecular weight excluding hydrogens is 397 g/mol. The van der Waals surface area contributed by atoms with Gasteiger partial charge in [-0.1, -0.05) is 41.5 Å². The van der Waals surface area contributed by atoms with Crippen LogP contribution in [0.3, 0.4) is 0 Å². The lowest BCUT2D eigenvalue weighted by Gasteiger charge is -2.03. The van der Waals surface area contributed by atoms with Gasteiger partial charge in [0.15, 0.2) is 4.80 Å². The van der Waals surface area contributed by atoms with E-state index in [2.05, 4.69) is 4.99 Å². The minimum absolute atomic E-state index is 0.000552. The lowest BCUT2D eigenvalue weighted by molar-refractivity contribution is -0.384. The maximum absolute atomic E-state index is 12.6. The average Bonchev–Trinajstić information content (AvgIpc) is 2.91. The van der Waals surface area contributed by atoms with Gasteiger partial charge in [0.25, 0.3) is 11.6 Å². The van der Waals surface area contributed by atoms with E-state index in [4.69, 9.17) is 23.2 Å². The molecule has 3 rings (SSSR count). The number of hydrogen-bond donors (Lipinski definition) is 0. The summed E-state index contributed by atoms with van der Waals surface area (Å²) in [5.74, 6) is -0.624. The van der Waals surface area contributed by atoms with Crippen LogP contribution in [-0.2, 0) is 6.54 Å². The monoisotopic (exact) mass is 409 g/mol. The van der Waals surface area contributed by atoms with Gasteiger partial charge in [-0.05, 0) is 30.7 Å². The molecule has 26 heavy (non-hydrogen) atoms. The van der Waals surface area contributed by atoms with Crippen LogP contribution in [0.1, 0.15) is 23.7 Å². The zero-order chi connectivity index (χ0) is 18.8. The Morgan fingerprint density at radius 1 is 1.27 bits per heavy atom. The van der Waals surface area contributed by atoms with E-state index in [-0.39, 0.29) is 16.3 Å². The number of aromatic nitrogens is 1. The SMILES string of the molecule is CCCn1c(=NC(=O)c2cc([N+](=O)[O-])ccc2Cl)sc2cc(Cl)ccc21. The van der Waals surface area contributed by atoms with Crippen molar-refractivity contribution in [2.75, 3.05) is 0 Å². The summed E-state index contributed by atoms with van der Waals surface area (Å²) in [6.07, 6.45) is 0.855. The number of aryl methyl sites for hydroxylation is 1. The minimum atomic E-state index is -0.624. The van der Waals surface area contributed by atoms with Crippen molar-refractivity contribution in [3.63, 3.8) is 0 Å². The highest BCUT2D eigenvalue weighted by atomic mass is 35.5. The lowest BCUT2D eigenvalue weighted by atomic mass is 10.2. The Bertz CT molecular complexity index is 1090. The van der Waals surface area contributed by atoms with Gasteiger partial charge in [-0.25, -0.2) is 0 Å². The van der Waals surface area contributed by atoms with Crippen LogP contribution in [0.15, 0.2) is 41.4 Å². The minimum Gasteiger partial charge on any atom is -0.316 e. The first-order chi connectivity index (χ1) is 12.4. The highest BCUT2D eigenvalue weighted by Gasteiger charge is 2.16. The molecule has 0 aliphatic rings. The average molecular weight is 410 g/mol. The highest BCUT2D eigenvalue weighted by Crippen LogP contribution is 2.24. The van der Waals surface area contributed by atoms with E-state index in [1.165, 1.54) is 23.5 Å². The first-order valence-electron chi connectivity index (χ1n) is 7.72. The molecule has 0 aliphatic carbocycles. The van der Waals surface area contributed by atoms with Crippen LogP contribution in [-0.4, -0.2) is 15.4 Å². The molecule has 1 heterocycles. The molecule has 6 nitrogen and oxygen atoms in total. The molecular formula is C17H13Cl2N3O3S. The number of benzene rings is 2. The summed E-state index contributed by atoms with van der Waals surface area (Å²) in [6.45, 7) is 2.70. The van der Waals surface area contributed by atoms with Crippen LogP contribution in [0.5, 0.6) is 0 Å². The smallest absolute Gasteiger partial charge is 0.281 e. The molecule has 0 radical (unpaired) electrons. The van der Waals surface area contributed by atoms with Gasteiger partial charge < -0.3 is 4.57 Å². The molecule has 2 aromatic carbocycles. The van der Waals surface area contributed by atoms with Gasteiger partial charge >= 0.3 is 0 Å². The number of amides is 1. The Labute approximate surface area is 162 Å². The van der Waals surface area contributed by atoms with Gasteiger partial charge in [-0.3, -0.25) is 14.9 Å². The van der Waals surface area contributed by atoms with Gasteiger partial charge in [0.2, 0.25) is 0 Å². The fourth-order valence-corrected chi connectivity index (χ4v) is 4.04. The van der Waals surface area contributed by atoms with Crippen LogP contribution in [0.4, 0.5) is 5.69 Å². The number of carbonyl (C=O) groups is 1. The number of thiazole rings is 1. The molecule has 0 atom stereocenters. The molecule has 0 saturated carbocycles. The molecule has 134 valence electrons. The normalized spacial score (nSPS) is 11.9. The zero-order valence-corrected chi connectivity index (χ0v) is 15.9. The van der Waals surface area contributed by atoms with Gasteiger partial charge in [0.1, 0.15) is 0 Å². The van der Waals surface area contributed by atoms with Crippen molar-refractivity contribution in [3.8, 4) is 0 Å². The largest absolute Gasteiger partial charge is 0.316 e. The molecule has 9 heteroatoms. The summed E-state index contributed by atoms with van der Waals surface area (Å²) in [4.78, 5) is 27.6. The number of rotatable bonds is 4. The van der Waals surface area contributed by atoms with E-state index >= 15 is 0 Å². The predicted octanol–water partition coefficient (Wildman–Crippen LogP) is 5.07. The van der Waals surface area contributed by atoms with Crippen molar-refractivity contribution < 1.29 is 9.72 Å². The van der Waals surface area contributed by atoms with Crippen molar-refractivity contribution in [2.24, 2.45) is 4.99 Å². The van der Waals surface area contributed by atoms with Crippen molar-refractivity contribution in [1.82, 2.24) is 4.57 Å². The third kappa shape index (κ3) is 3.65. The number of hydrogen-bond acceptors (Lipinski definition) is 4. The molecule has 1 aromatic heterocycles. The van der Waals surface area contributed by atoms with Crippen LogP contribution in [0.25, 0.3) is 10.2 Å². The predicted molar refractivity (Wildman–Crippen MR) is 103 cm³/mol. The lowest BCUT2D eigenvalue weighted by Crippen LogP contribution is -2.17. The Morgan fingerprint density at radius 3 is 2.73 bits per heavy atom. The summed E-state index contributed by atoms with van der Waals surface area (Å²) < 4.78 is 2.84. The van der Waals surface area contributed by atoms with Crippen LogP contribution in [0.2, 0.25) is 10.0 Å². The van der Waals surface area contributed by atoms with Crippen molar-refractivity contribution in [3.05, 3.63) is 66.9 Å². The van der Waals surface area contributed by atoms with Crippen LogP contribution < -0.4 is 4.80 Å². The van der Waals surface area contributed by atoms with Crippen LogP contribution in [0, 0.1) is 10.1 Å². The molecule has 0 fully saturated rings. The Morgan fingerprint density at radius 2 is 2.04 bits per heavy atom. The second kappa shape index (κ2) is 7.57. The molecule has 0 saturated heterocycles. The second-order valence-corrected chi connectivity index (χ2v) is 7.34. The highest BCUT2D eigenvalue weighted by molar-refractivity contribution is 7.16. The van der Waals surface area contributed by atoms with Crippen molar-refractivity contribution in [1.29, 1.82) is 0 Å². The standard InChI is InChI=1S/C17H13Cl2N3O3S/c1-2-7-21-14-6-3-10(18)8-15(14)26-17(21)20-16(23)12-9-11(22(24)25)4-5-13(12)19/h3-6,8-9H,2,7H2,1H3. The Kier molecular flexibility index (Phi) is 5.41. The number of nitro benzene ring substituents is 1. The van der Waals surface area contributed by atoms with Gasteiger partial charge in [-0.2, -0.15) is 4.99 Å². The Balaban J connectivity index is 2.15. The maximum Gasteiger partial charge on any atom is 0.281 e. The van der Waals surface area contributed by atoms with E-state index in [0.717, 1.165) is 22.7 Å². The third-order valence-corrected chi connectivity index (χ3v) is 5.29. The van der Waals surface area contributed by atoms with Crippen LogP contribution >= 0.6 is 34.5 Å². The molecule has 0 spiro atoms. The van der Waals surface area contributed by atoms with Crippen molar-refractivity contribution in [2.45, 2.75) is 19.9 Å². The number of fused-ring (bicyclic) bond motifs is 1. The summed E-state index contributed by atoms with van der Waals surface area (Å²) >= 11 is 13.4. The fourth-order valence-electron chi connectivity index (χ4n) is 2.51. The second-order valence-electron chi connectivity index (χ2n) is 5.49. The van der Waals surface area contributed by atoms with Gasteiger partial charge in [0.05, 0.1) is 25.7 Å². The van der Waals surface area contributed by atoms with Gasteiger partial charge in [0, 0.05) is 23.7 Å². The topological polar surface area (TPSA) is 77.5 Å². The quantitative estimate of drug-likeness (QED) is 0.445. The Hall–Kier alpha value is -2.22. The fraction of sp³-hybridized carbons (Fsp3) is 0.176. The van der Waals surface area contributed by atoms with E-state index < -0.39 is 10.8 Å². The number of nitro groups is 1. The van der Waals surface area contributed by atoms with E-state index in [1.807, 2.05) is 23.6 Å². The first-order valence-corrected chi connectivity index (χ1v) is 9.30. The first kappa shape index (κ1) is 18.6. The molecule has 1 amide bonds. The molecule has 0 aliphatic heterocycles. The van der Waals surface area contributed by atoms with Crippen molar-refractivity contribution >= 4 is 56.3 Å². The molecule has 0 bridgehead atoms. The number of halogens is 2. The summed E-state index contributed by atoms with van der Waals surface area (Å²) in [6, 6.07) is 9.20. The molecule has 0 N–H and O–H groups in total. The third-order valence-electron chi connectivity index (χ3n) is 3.68.